The molecule has 0 spiro atoms. The van der Waals surface area contributed by atoms with Gasteiger partial charge < -0.3 is 5.32 Å². The van der Waals surface area contributed by atoms with E-state index in [0.29, 0.717) is 23.4 Å². The van der Waals surface area contributed by atoms with Crippen LogP contribution in [-0.2, 0) is 6.54 Å². The molecule has 5 heteroatoms. The zero-order valence-electron chi connectivity index (χ0n) is 13.4. The molecule has 2 aromatic carbocycles. The lowest BCUT2D eigenvalue weighted by Crippen LogP contribution is -2.13. The van der Waals surface area contributed by atoms with Crippen LogP contribution in [0.1, 0.15) is 5.56 Å². The Kier molecular flexibility index (Phi) is 3.96. The topological polar surface area (TPSA) is 70.7 Å². The van der Waals surface area contributed by atoms with Gasteiger partial charge in [-0.05, 0) is 34.9 Å². The number of pyridine rings is 1. The number of nitrogens with one attached hydrogen (secondary N) is 2. The molecule has 0 saturated heterocycles. The second-order valence-corrected chi connectivity index (χ2v) is 5.72. The third-order valence-corrected chi connectivity index (χ3v) is 4.02. The average Bonchev–Trinajstić information content (AvgIpc) is 2.68. The molecular formula is C20H16N4O. The first-order valence-corrected chi connectivity index (χ1v) is 8.02. The van der Waals surface area contributed by atoms with Crippen molar-refractivity contribution < 1.29 is 0 Å². The molecule has 5 nitrogen and oxygen atoms in total. The third-order valence-electron chi connectivity index (χ3n) is 4.02. The summed E-state index contributed by atoms with van der Waals surface area (Å²) in [7, 11) is 0. The number of H-pyrrole nitrogens is 1. The fourth-order valence-corrected chi connectivity index (χ4v) is 2.70. The van der Waals surface area contributed by atoms with E-state index in [4.69, 9.17) is 0 Å². The lowest BCUT2D eigenvalue weighted by Gasteiger charge is -2.07. The number of hydrogen-bond acceptors (Lipinski definition) is 4. The Morgan fingerprint density at radius 2 is 1.76 bits per heavy atom. The highest BCUT2D eigenvalue weighted by Gasteiger charge is 2.03. The van der Waals surface area contributed by atoms with E-state index in [2.05, 4.69) is 44.5 Å². The molecule has 122 valence electrons. The molecule has 4 rings (SSSR count). The van der Waals surface area contributed by atoms with Crippen LogP contribution in [0.15, 0.2) is 77.9 Å². The van der Waals surface area contributed by atoms with E-state index in [1.165, 1.54) is 0 Å². The summed E-state index contributed by atoms with van der Waals surface area (Å²) in [6.07, 6.45) is 3.61. The van der Waals surface area contributed by atoms with Crippen molar-refractivity contribution in [3.8, 4) is 11.1 Å². The number of rotatable bonds is 4. The minimum absolute atomic E-state index is 0.139. The third kappa shape index (κ3) is 3.26. The number of nitrogens with zero attached hydrogens (tertiary/aromatic N) is 2. The summed E-state index contributed by atoms with van der Waals surface area (Å²) in [5, 5.41) is 3.77. The average molecular weight is 328 g/mol. The summed E-state index contributed by atoms with van der Waals surface area (Å²) in [4.78, 5) is 23.4. The zero-order valence-corrected chi connectivity index (χ0v) is 13.4. The van der Waals surface area contributed by atoms with Crippen LogP contribution in [0.4, 0.5) is 5.95 Å². The second-order valence-electron chi connectivity index (χ2n) is 5.72. The van der Waals surface area contributed by atoms with E-state index in [1.807, 2.05) is 36.5 Å². The Bertz CT molecular complexity index is 1060. The van der Waals surface area contributed by atoms with E-state index in [1.54, 1.807) is 12.3 Å². The summed E-state index contributed by atoms with van der Waals surface area (Å²) < 4.78 is 0. The van der Waals surface area contributed by atoms with Crippen molar-refractivity contribution in [3.05, 3.63) is 89.0 Å². The minimum atomic E-state index is -0.139. The molecule has 0 amide bonds. The van der Waals surface area contributed by atoms with Crippen molar-refractivity contribution in [2.24, 2.45) is 0 Å². The van der Waals surface area contributed by atoms with Gasteiger partial charge in [0, 0.05) is 18.9 Å². The molecule has 0 aliphatic heterocycles. The van der Waals surface area contributed by atoms with Gasteiger partial charge in [0.25, 0.3) is 5.56 Å². The van der Waals surface area contributed by atoms with Gasteiger partial charge in [-0.25, -0.2) is 4.98 Å². The van der Waals surface area contributed by atoms with E-state index >= 15 is 0 Å². The van der Waals surface area contributed by atoms with Crippen molar-refractivity contribution in [1.82, 2.24) is 15.0 Å². The number of anilines is 1. The van der Waals surface area contributed by atoms with Crippen LogP contribution in [-0.4, -0.2) is 15.0 Å². The van der Waals surface area contributed by atoms with E-state index in [-0.39, 0.29) is 5.56 Å². The van der Waals surface area contributed by atoms with Gasteiger partial charge in [-0.15, -0.1) is 0 Å². The van der Waals surface area contributed by atoms with Crippen molar-refractivity contribution in [2.75, 3.05) is 5.32 Å². The van der Waals surface area contributed by atoms with Crippen LogP contribution in [0.5, 0.6) is 0 Å². The molecule has 25 heavy (non-hydrogen) atoms. The summed E-state index contributed by atoms with van der Waals surface area (Å²) in [6, 6.07) is 19.5. The molecule has 2 heterocycles. The molecule has 0 saturated carbocycles. The molecule has 0 unspecified atom stereocenters. The lowest BCUT2D eigenvalue weighted by atomic mass is 10.1. The van der Waals surface area contributed by atoms with E-state index < -0.39 is 0 Å². The normalized spacial score (nSPS) is 10.7. The Labute approximate surface area is 144 Å². The van der Waals surface area contributed by atoms with Gasteiger partial charge in [0.05, 0.1) is 10.9 Å². The van der Waals surface area contributed by atoms with Gasteiger partial charge in [-0.1, -0.05) is 42.5 Å². The summed E-state index contributed by atoms with van der Waals surface area (Å²) in [5.41, 5.74) is 3.85. The Morgan fingerprint density at radius 3 is 2.56 bits per heavy atom. The summed E-state index contributed by atoms with van der Waals surface area (Å²) >= 11 is 0. The maximum absolute atomic E-state index is 12.1. The maximum atomic E-state index is 12.1. The molecule has 0 radical (unpaired) electrons. The number of fused-ring (bicyclic) bond motifs is 1. The van der Waals surface area contributed by atoms with Crippen molar-refractivity contribution in [3.63, 3.8) is 0 Å². The molecular weight excluding hydrogens is 312 g/mol. The summed E-state index contributed by atoms with van der Waals surface area (Å²) in [6.45, 7) is 0.578. The number of para-hydroxylation sites is 1. The SMILES string of the molecule is O=c1[nH]c(NCc2ccc(-c3cccnc3)cc2)nc2ccccc12. The first kappa shape index (κ1) is 15.1. The van der Waals surface area contributed by atoms with Gasteiger partial charge in [0.15, 0.2) is 0 Å². The van der Waals surface area contributed by atoms with Crippen molar-refractivity contribution >= 4 is 16.9 Å². The standard InChI is InChI=1S/C20H16N4O/c25-19-17-5-1-2-6-18(17)23-20(24-19)22-12-14-7-9-15(10-8-14)16-4-3-11-21-13-16/h1-11,13H,12H2,(H2,22,23,24,25). The molecule has 0 aliphatic carbocycles. The zero-order chi connectivity index (χ0) is 17.1. The van der Waals surface area contributed by atoms with Crippen molar-refractivity contribution in [1.29, 1.82) is 0 Å². The highest BCUT2D eigenvalue weighted by atomic mass is 16.1. The fourth-order valence-electron chi connectivity index (χ4n) is 2.70. The first-order valence-electron chi connectivity index (χ1n) is 8.02. The van der Waals surface area contributed by atoms with Crippen LogP contribution in [0.3, 0.4) is 0 Å². The highest BCUT2D eigenvalue weighted by Crippen LogP contribution is 2.18. The summed E-state index contributed by atoms with van der Waals surface area (Å²) in [5.74, 6) is 0.472. The van der Waals surface area contributed by atoms with Crippen LogP contribution in [0, 0.1) is 0 Å². The Hall–Kier alpha value is -3.47. The first-order chi connectivity index (χ1) is 12.3. The molecule has 0 atom stereocenters. The van der Waals surface area contributed by atoms with E-state index in [0.717, 1.165) is 16.7 Å². The molecule has 2 N–H and O–H groups in total. The monoisotopic (exact) mass is 328 g/mol. The lowest BCUT2D eigenvalue weighted by molar-refractivity contribution is 1.06. The van der Waals surface area contributed by atoms with Crippen molar-refractivity contribution in [2.45, 2.75) is 6.54 Å². The minimum Gasteiger partial charge on any atom is -0.352 e. The number of aromatic amines is 1. The van der Waals surface area contributed by atoms with Crippen LogP contribution >= 0.6 is 0 Å². The van der Waals surface area contributed by atoms with E-state index in [9.17, 15) is 4.79 Å². The molecule has 0 aliphatic rings. The van der Waals surface area contributed by atoms with Gasteiger partial charge in [0.1, 0.15) is 0 Å². The molecule has 0 fully saturated rings. The molecule has 2 aromatic heterocycles. The van der Waals surface area contributed by atoms with Gasteiger partial charge in [0.2, 0.25) is 5.95 Å². The Balaban J connectivity index is 1.51. The van der Waals surface area contributed by atoms with Crippen LogP contribution in [0.25, 0.3) is 22.0 Å². The largest absolute Gasteiger partial charge is 0.352 e. The second kappa shape index (κ2) is 6.57. The van der Waals surface area contributed by atoms with Crippen LogP contribution < -0.4 is 10.9 Å². The fraction of sp³-hybridized carbons (Fsp3) is 0.0500. The van der Waals surface area contributed by atoms with Gasteiger partial charge in [-0.3, -0.25) is 14.8 Å². The quantitative estimate of drug-likeness (QED) is 0.600. The highest BCUT2D eigenvalue weighted by molar-refractivity contribution is 5.78. The number of benzene rings is 2. The smallest absolute Gasteiger partial charge is 0.260 e. The number of hydrogen-bond donors (Lipinski definition) is 2. The maximum Gasteiger partial charge on any atom is 0.260 e. The van der Waals surface area contributed by atoms with Crippen LogP contribution in [0.2, 0.25) is 0 Å². The predicted molar refractivity (Wildman–Crippen MR) is 99.4 cm³/mol. The molecule has 0 bridgehead atoms. The van der Waals surface area contributed by atoms with Gasteiger partial charge in [-0.2, -0.15) is 0 Å². The molecule has 4 aromatic rings. The number of aromatic nitrogens is 3. The Morgan fingerprint density at radius 1 is 0.920 bits per heavy atom. The van der Waals surface area contributed by atoms with Gasteiger partial charge >= 0.3 is 0 Å². The predicted octanol–water partition coefficient (Wildman–Crippen LogP) is 3.60.